The first kappa shape index (κ1) is 22.7. The lowest BCUT2D eigenvalue weighted by Crippen LogP contribution is -2.35. The molecule has 9 nitrogen and oxygen atoms in total. The Labute approximate surface area is 136 Å². The molecule has 23 heavy (non-hydrogen) atoms. The molecule has 0 saturated heterocycles. The van der Waals surface area contributed by atoms with Crippen LogP contribution in [-0.2, 0) is 32.0 Å². The van der Waals surface area contributed by atoms with Crippen molar-refractivity contribution in [3.8, 4) is 0 Å². The largest absolute Gasteiger partial charge is 0.480 e. The van der Waals surface area contributed by atoms with Gasteiger partial charge in [0.1, 0.15) is 6.04 Å². The molecule has 0 fully saturated rings. The third kappa shape index (κ3) is 6.63. The van der Waals surface area contributed by atoms with Gasteiger partial charge in [0, 0.05) is 0 Å². The molecule has 0 aromatic rings. The van der Waals surface area contributed by atoms with E-state index in [0.29, 0.717) is 0 Å². The lowest BCUT2D eigenvalue weighted by molar-refractivity contribution is -0.138. The van der Waals surface area contributed by atoms with Gasteiger partial charge in [-0.1, -0.05) is 0 Å². The minimum Gasteiger partial charge on any atom is -0.480 e. The number of aliphatic carboxylic acids is 1. The van der Waals surface area contributed by atoms with Crippen LogP contribution in [-0.4, -0.2) is 48.9 Å². The molecule has 0 heterocycles. The fourth-order valence-corrected chi connectivity index (χ4v) is 7.33. The summed E-state index contributed by atoms with van der Waals surface area (Å²) in [6, 6.07) is -1.41. The van der Waals surface area contributed by atoms with Crippen molar-refractivity contribution in [2.45, 2.75) is 45.6 Å². The van der Waals surface area contributed by atoms with Crippen LogP contribution in [0.5, 0.6) is 0 Å². The highest BCUT2D eigenvalue weighted by Crippen LogP contribution is 2.71. The van der Waals surface area contributed by atoms with Crippen molar-refractivity contribution in [1.82, 2.24) is 0 Å². The number of nitrogens with two attached hydrogens (primary N) is 1. The summed E-state index contributed by atoms with van der Waals surface area (Å²) in [6.45, 7) is 6.45. The third-order valence-electron chi connectivity index (χ3n) is 2.75. The molecule has 138 valence electrons. The van der Waals surface area contributed by atoms with E-state index in [0.717, 1.165) is 0 Å². The Morgan fingerprint density at radius 2 is 1.22 bits per heavy atom. The van der Waals surface area contributed by atoms with Crippen molar-refractivity contribution in [1.29, 1.82) is 0 Å². The van der Waals surface area contributed by atoms with Gasteiger partial charge in [-0.25, -0.2) is 0 Å². The van der Waals surface area contributed by atoms with Crippen molar-refractivity contribution in [3.63, 3.8) is 0 Å². The highest BCUT2D eigenvalue weighted by Gasteiger charge is 2.51. The molecule has 0 aliphatic rings. The molecule has 3 N–H and O–H groups in total. The van der Waals surface area contributed by atoms with Gasteiger partial charge < -0.3 is 28.9 Å². The molecule has 1 atom stereocenters. The highest BCUT2D eigenvalue weighted by atomic mass is 31.2. The Morgan fingerprint density at radius 3 is 1.43 bits per heavy atom. The van der Waals surface area contributed by atoms with Crippen LogP contribution in [0.25, 0.3) is 0 Å². The standard InChI is InChI=1S/C12H27NO8P2/c1-5-18-22(16,19-6-2)11(9-10(13)12(14)15)23(17,20-7-3)21-8-4/h10-11H,5-9,13H2,1-4H3,(H,14,15). The summed E-state index contributed by atoms with van der Waals surface area (Å²) < 4.78 is 46.9. The minimum absolute atomic E-state index is 0.0222. The molecule has 1 unspecified atom stereocenters. The molecular formula is C12H27NO8P2. The third-order valence-corrected chi connectivity index (χ3v) is 8.80. The number of rotatable bonds is 13. The number of hydrogen-bond acceptors (Lipinski definition) is 8. The summed E-state index contributed by atoms with van der Waals surface area (Å²) >= 11 is 0. The van der Waals surface area contributed by atoms with Crippen LogP contribution in [0.2, 0.25) is 0 Å². The maximum absolute atomic E-state index is 13.0. The normalized spacial score (nSPS) is 14.2. The maximum atomic E-state index is 13.0. The zero-order valence-corrected chi connectivity index (χ0v) is 15.8. The van der Waals surface area contributed by atoms with E-state index in [9.17, 15) is 13.9 Å². The molecular weight excluding hydrogens is 348 g/mol. The first-order chi connectivity index (χ1) is 10.7. The molecule has 0 amide bonds. The molecule has 0 spiro atoms. The first-order valence-electron chi connectivity index (χ1n) is 7.46. The van der Waals surface area contributed by atoms with Crippen molar-refractivity contribution in [2.24, 2.45) is 5.73 Å². The van der Waals surface area contributed by atoms with Crippen molar-refractivity contribution in [3.05, 3.63) is 0 Å². The van der Waals surface area contributed by atoms with Gasteiger partial charge in [-0.05, 0) is 34.1 Å². The molecule has 0 aromatic heterocycles. The van der Waals surface area contributed by atoms with E-state index in [4.69, 9.17) is 28.9 Å². The molecule has 0 radical (unpaired) electrons. The molecule has 0 aliphatic heterocycles. The lowest BCUT2D eigenvalue weighted by atomic mass is 10.2. The lowest BCUT2D eigenvalue weighted by Gasteiger charge is -2.32. The van der Waals surface area contributed by atoms with Crippen LogP contribution in [0.1, 0.15) is 34.1 Å². The van der Waals surface area contributed by atoms with Crippen LogP contribution in [0.15, 0.2) is 0 Å². The summed E-state index contributed by atoms with van der Waals surface area (Å²) in [6.07, 6.45) is -0.427. The van der Waals surface area contributed by atoms with Crippen LogP contribution >= 0.6 is 15.2 Å². The van der Waals surface area contributed by atoms with E-state index in [1.54, 1.807) is 27.7 Å². The smallest absolute Gasteiger partial charge is 0.345 e. The molecule has 0 saturated carbocycles. The highest BCUT2D eigenvalue weighted by molar-refractivity contribution is 7.72. The zero-order chi connectivity index (χ0) is 18.1. The molecule has 0 bridgehead atoms. The van der Waals surface area contributed by atoms with Crippen molar-refractivity contribution < 1.29 is 37.1 Å². The fraction of sp³-hybridized carbons (Fsp3) is 0.917. The monoisotopic (exact) mass is 375 g/mol. The van der Waals surface area contributed by atoms with Crippen LogP contribution < -0.4 is 5.73 Å². The minimum atomic E-state index is -3.96. The number of carboxylic acid groups (broad SMARTS) is 1. The van der Waals surface area contributed by atoms with Gasteiger partial charge in [-0.15, -0.1) is 0 Å². The van der Waals surface area contributed by atoms with Gasteiger partial charge in [0.2, 0.25) is 0 Å². The van der Waals surface area contributed by atoms with Gasteiger partial charge in [0.25, 0.3) is 0 Å². The summed E-state index contributed by atoms with van der Waals surface area (Å²) in [4.78, 5) is 11.1. The maximum Gasteiger partial charge on any atom is 0.345 e. The fourth-order valence-electron chi connectivity index (χ4n) is 1.90. The average Bonchev–Trinajstić information content (AvgIpc) is 2.45. The second-order valence-corrected chi connectivity index (χ2v) is 9.26. The van der Waals surface area contributed by atoms with Crippen LogP contribution in [0, 0.1) is 0 Å². The van der Waals surface area contributed by atoms with Gasteiger partial charge in [-0.3, -0.25) is 13.9 Å². The molecule has 11 heteroatoms. The van der Waals surface area contributed by atoms with E-state index in [1.165, 1.54) is 0 Å². The Bertz CT molecular complexity index is 408. The molecule has 0 aliphatic carbocycles. The SMILES string of the molecule is CCOP(=O)(OCC)C(CC(N)C(=O)O)P(=O)(OCC)OCC. The topological polar surface area (TPSA) is 134 Å². The van der Waals surface area contributed by atoms with Crippen molar-refractivity contribution in [2.75, 3.05) is 26.4 Å². The van der Waals surface area contributed by atoms with Gasteiger partial charge in [-0.2, -0.15) is 0 Å². The summed E-state index contributed by atoms with van der Waals surface area (Å²) in [7, 11) is -7.92. The van der Waals surface area contributed by atoms with E-state index < -0.39 is 39.0 Å². The molecule has 0 rings (SSSR count). The van der Waals surface area contributed by atoms with E-state index >= 15 is 0 Å². The van der Waals surface area contributed by atoms with Crippen molar-refractivity contribution >= 4 is 21.2 Å². The summed E-state index contributed by atoms with van der Waals surface area (Å²) in [5.74, 6) is -1.32. The Balaban J connectivity index is 5.88. The summed E-state index contributed by atoms with van der Waals surface area (Å²) in [5.41, 5.74) is 5.53. The summed E-state index contributed by atoms with van der Waals surface area (Å²) in [5, 5.41) is 7.60. The predicted molar refractivity (Wildman–Crippen MR) is 85.7 cm³/mol. The number of carbonyl (C=O) groups is 1. The first-order valence-corrected chi connectivity index (χ1v) is 10.7. The number of carboxylic acids is 1. The second-order valence-electron chi connectivity index (χ2n) is 4.41. The van der Waals surface area contributed by atoms with Crippen LogP contribution in [0.3, 0.4) is 0 Å². The van der Waals surface area contributed by atoms with E-state index in [-0.39, 0.29) is 26.4 Å². The second kappa shape index (κ2) is 10.6. The number of hydrogen-bond donors (Lipinski definition) is 2. The Morgan fingerprint density at radius 1 is 0.913 bits per heavy atom. The van der Waals surface area contributed by atoms with Gasteiger partial charge in [0.15, 0.2) is 5.40 Å². The average molecular weight is 375 g/mol. The van der Waals surface area contributed by atoms with Gasteiger partial charge >= 0.3 is 21.2 Å². The Kier molecular flexibility index (Phi) is 10.4. The van der Waals surface area contributed by atoms with E-state index in [2.05, 4.69) is 0 Å². The van der Waals surface area contributed by atoms with Gasteiger partial charge in [0.05, 0.1) is 26.4 Å². The van der Waals surface area contributed by atoms with Crippen LogP contribution in [0.4, 0.5) is 0 Å². The quantitative estimate of drug-likeness (QED) is 0.466. The zero-order valence-electron chi connectivity index (χ0n) is 14.0. The molecule has 0 aromatic carbocycles. The Hall–Kier alpha value is -0.270. The van der Waals surface area contributed by atoms with E-state index in [1.807, 2.05) is 0 Å². The predicted octanol–water partition coefficient (Wildman–Crippen LogP) is 2.65.